The van der Waals surface area contributed by atoms with E-state index in [1.165, 1.54) is 0 Å². The van der Waals surface area contributed by atoms with Crippen LogP contribution in [0.2, 0.25) is 0 Å². The molecule has 0 N–H and O–H groups in total. The number of nitrogens with zero attached hydrogens (tertiary/aromatic N) is 1. The average molecular weight is 309 g/mol. The molecule has 0 bridgehead atoms. The first-order chi connectivity index (χ1) is 11.2. The van der Waals surface area contributed by atoms with Crippen molar-refractivity contribution in [2.24, 2.45) is 5.16 Å². The fraction of sp³-hybridized carbons (Fsp3) is 0.111. The third-order valence-electron chi connectivity index (χ3n) is 3.48. The molecule has 0 fully saturated rings. The number of oxime groups is 1. The summed E-state index contributed by atoms with van der Waals surface area (Å²) in [5.41, 5.74) is 2.37. The van der Waals surface area contributed by atoms with Gasteiger partial charge in [0.1, 0.15) is 17.2 Å². The zero-order chi connectivity index (χ0) is 16.2. The second kappa shape index (κ2) is 6.36. The van der Waals surface area contributed by atoms with Crippen molar-refractivity contribution in [3.8, 4) is 11.5 Å². The van der Waals surface area contributed by atoms with Gasteiger partial charge in [-0.1, -0.05) is 35.5 Å². The Morgan fingerprint density at radius 3 is 2.65 bits per heavy atom. The van der Waals surface area contributed by atoms with Gasteiger partial charge in [-0.15, -0.1) is 0 Å². The van der Waals surface area contributed by atoms with Gasteiger partial charge in [-0.05, 0) is 24.3 Å². The number of rotatable bonds is 4. The van der Waals surface area contributed by atoms with Crippen LogP contribution in [0, 0.1) is 0 Å². The van der Waals surface area contributed by atoms with E-state index < -0.39 is 5.97 Å². The van der Waals surface area contributed by atoms with E-state index in [9.17, 15) is 4.79 Å². The van der Waals surface area contributed by atoms with Gasteiger partial charge in [0.15, 0.2) is 0 Å². The quantitative estimate of drug-likeness (QED) is 0.643. The summed E-state index contributed by atoms with van der Waals surface area (Å²) in [4.78, 5) is 16.9. The van der Waals surface area contributed by atoms with Crippen LogP contribution in [0.25, 0.3) is 6.08 Å². The maximum Gasteiger partial charge on any atom is 0.368 e. The van der Waals surface area contributed by atoms with Gasteiger partial charge in [0.05, 0.1) is 19.8 Å². The van der Waals surface area contributed by atoms with Crippen LogP contribution in [0.5, 0.6) is 11.5 Å². The molecule has 0 radical (unpaired) electrons. The van der Waals surface area contributed by atoms with Gasteiger partial charge in [0.25, 0.3) is 0 Å². The van der Waals surface area contributed by atoms with Crippen molar-refractivity contribution < 1.29 is 19.1 Å². The van der Waals surface area contributed by atoms with E-state index in [0.29, 0.717) is 22.8 Å². The molecule has 0 spiro atoms. The summed E-state index contributed by atoms with van der Waals surface area (Å²) >= 11 is 0. The molecule has 0 aliphatic carbocycles. The lowest BCUT2D eigenvalue weighted by Crippen LogP contribution is -2.07. The molecule has 2 aromatic rings. The Kier molecular flexibility index (Phi) is 4.10. The zero-order valence-electron chi connectivity index (χ0n) is 12.8. The maximum absolute atomic E-state index is 12.0. The first-order valence-corrected chi connectivity index (χ1v) is 7.02. The molecule has 1 heterocycles. The van der Waals surface area contributed by atoms with Gasteiger partial charge in [-0.2, -0.15) is 0 Å². The Morgan fingerprint density at radius 2 is 1.87 bits per heavy atom. The molecular formula is C18H15NO4. The van der Waals surface area contributed by atoms with Crippen LogP contribution in [0.3, 0.4) is 0 Å². The number of para-hydroxylation sites is 1. The van der Waals surface area contributed by atoms with E-state index in [-0.39, 0.29) is 0 Å². The summed E-state index contributed by atoms with van der Waals surface area (Å²) in [6.07, 6.45) is 1.71. The Balaban J connectivity index is 2.04. The Labute approximate surface area is 133 Å². The fourth-order valence-electron chi connectivity index (χ4n) is 2.33. The minimum Gasteiger partial charge on any atom is -0.497 e. The van der Waals surface area contributed by atoms with Crippen molar-refractivity contribution >= 4 is 17.8 Å². The molecule has 0 aromatic heterocycles. The molecule has 3 rings (SSSR count). The van der Waals surface area contributed by atoms with E-state index in [2.05, 4.69) is 5.16 Å². The van der Waals surface area contributed by atoms with Gasteiger partial charge >= 0.3 is 5.97 Å². The highest BCUT2D eigenvalue weighted by atomic mass is 16.7. The molecule has 0 saturated heterocycles. The minimum atomic E-state index is -0.492. The summed E-state index contributed by atoms with van der Waals surface area (Å²) in [5.74, 6) is 0.861. The third kappa shape index (κ3) is 2.94. The largest absolute Gasteiger partial charge is 0.497 e. The van der Waals surface area contributed by atoms with Crippen LogP contribution in [0.1, 0.15) is 11.1 Å². The van der Waals surface area contributed by atoms with Crippen molar-refractivity contribution in [2.45, 2.75) is 0 Å². The van der Waals surface area contributed by atoms with Crippen LogP contribution in [0.15, 0.2) is 59.3 Å². The van der Waals surface area contributed by atoms with Crippen LogP contribution >= 0.6 is 0 Å². The van der Waals surface area contributed by atoms with Crippen LogP contribution < -0.4 is 9.47 Å². The first kappa shape index (κ1) is 14.8. The molecule has 116 valence electrons. The highest BCUT2D eigenvalue weighted by molar-refractivity contribution is 6.31. The number of hydrogen-bond donors (Lipinski definition) is 0. The van der Waals surface area contributed by atoms with Gasteiger partial charge in [-0.25, -0.2) is 4.79 Å². The molecule has 0 unspecified atom stereocenters. The molecule has 2 aromatic carbocycles. The van der Waals surface area contributed by atoms with E-state index in [1.807, 2.05) is 42.5 Å². The van der Waals surface area contributed by atoms with E-state index >= 15 is 0 Å². The molecule has 0 atom stereocenters. The molecule has 5 nitrogen and oxygen atoms in total. The van der Waals surface area contributed by atoms with Crippen LogP contribution in [0.4, 0.5) is 0 Å². The number of carbonyl (C=O) groups is 1. The number of carbonyl (C=O) groups excluding carboxylic acids is 1. The molecule has 23 heavy (non-hydrogen) atoms. The molecule has 0 saturated carbocycles. The minimum absolute atomic E-state index is 0.378. The maximum atomic E-state index is 12.0. The van der Waals surface area contributed by atoms with Crippen molar-refractivity contribution in [1.82, 2.24) is 0 Å². The normalized spacial score (nSPS) is 15.3. The number of benzene rings is 2. The van der Waals surface area contributed by atoms with Gasteiger partial charge in [-0.3, -0.25) is 0 Å². The fourth-order valence-corrected chi connectivity index (χ4v) is 2.33. The third-order valence-corrected chi connectivity index (χ3v) is 3.48. The number of methoxy groups -OCH3 is 2. The lowest BCUT2D eigenvalue weighted by molar-refractivity contribution is -0.136. The predicted octanol–water partition coefficient (Wildman–Crippen LogP) is 3.05. The molecule has 5 heteroatoms. The highest BCUT2D eigenvalue weighted by Gasteiger charge is 2.27. The lowest BCUT2D eigenvalue weighted by atomic mass is 10.00. The lowest BCUT2D eigenvalue weighted by Gasteiger charge is -2.06. The van der Waals surface area contributed by atoms with Crippen molar-refractivity contribution in [3.63, 3.8) is 0 Å². The second-order valence-electron chi connectivity index (χ2n) is 4.85. The predicted molar refractivity (Wildman–Crippen MR) is 86.6 cm³/mol. The summed E-state index contributed by atoms with van der Waals surface area (Å²) in [5, 5.41) is 3.90. The molecule has 1 aliphatic heterocycles. The summed E-state index contributed by atoms with van der Waals surface area (Å²) in [6, 6.07) is 14.7. The van der Waals surface area contributed by atoms with Gasteiger partial charge < -0.3 is 14.3 Å². The number of ether oxygens (including phenoxy) is 2. The monoisotopic (exact) mass is 309 g/mol. The smallest absolute Gasteiger partial charge is 0.368 e. The molecule has 1 aliphatic rings. The molecule has 0 amide bonds. The van der Waals surface area contributed by atoms with Gasteiger partial charge in [0.2, 0.25) is 0 Å². The standard InChI is InChI=1S/C18H15NO4/c1-21-14-8-5-7-13(10-14)17-15(18(20)23-19-17)11-12-6-3-4-9-16(12)22-2/h3-11H,1-2H3/b15-11-. The Bertz CT molecular complexity index is 808. The Hall–Kier alpha value is -3.08. The zero-order valence-corrected chi connectivity index (χ0v) is 12.8. The summed E-state index contributed by atoms with van der Waals surface area (Å²) < 4.78 is 10.5. The van der Waals surface area contributed by atoms with Crippen molar-refractivity contribution in [2.75, 3.05) is 14.2 Å². The summed E-state index contributed by atoms with van der Waals surface area (Å²) in [6.45, 7) is 0. The van der Waals surface area contributed by atoms with Gasteiger partial charge in [0, 0.05) is 11.1 Å². The topological polar surface area (TPSA) is 57.1 Å². The van der Waals surface area contributed by atoms with Crippen molar-refractivity contribution in [1.29, 1.82) is 0 Å². The molecular weight excluding hydrogens is 294 g/mol. The van der Waals surface area contributed by atoms with Crippen LogP contribution in [-0.2, 0) is 9.63 Å². The second-order valence-corrected chi connectivity index (χ2v) is 4.85. The Morgan fingerprint density at radius 1 is 1.04 bits per heavy atom. The van der Waals surface area contributed by atoms with E-state index in [1.54, 1.807) is 26.4 Å². The van der Waals surface area contributed by atoms with E-state index in [4.69, 9.17) is 14.3 Å². The first-order valence-electron chi connectivity index (χ1n) is 7.02. The number of hydrogen-bond acceptors (Lipinski definition) is 5. The van der Waals surface area contributed by atoms with E-state index in [0.717, 1.165) is 11.1 Å². The SMILES string of the molecule is COc1cccc(C2=NOC(=O)/C2=C\c2ccccc2OC)c1. The average Bonchev–Trinajstić information content (AvgIpc) is 2.96. The van der Waals surface area contributed by atoms with Crippen LogP contribution in [-0.4, -0.2) is 25.9 Å². The highest BCUT2D eigenvalue weighted by Crippen LogP contribution is 2.26. The summed E-state index contributed by atoms with van der Waals surface area (Å²) in [7, 11) is 3.17. The van der Waals surface area contributed by atoms with Crippen molar-refractivity contribution in [3.05, 3.63) is 65.2 Å².